The molecule has 0 radical (unpaired) electrons. The molecule has 7 heteroatoms. The van der Waals surface area contributed by atoms with Gasteiger partial charge in [-0.25, -0.2) is 18.6 Å². The van der Waals surface area contributed by atoms with Gasteiger partial charge < -0.3 is 0 Å². The van der Waals surface area contributed by atoms with Gasteiger partial charge in [0.15, 0.2) is 5.82 Å². The Morgan fingerprint density at radius 1 is 0.967 bits per heavy atom. The van der Waals surface area contributed by atoms with E-state index in [1.165, 1.54) is 23.5 Å². The highest BCUT2D eigenvalue weighted by atomic mass is 32.2. The van der Waals surface area contributed by atoms with Crippen molar-refractivity contribution in [1.82, 2.24) is 9.97 Å². The Hall–Kier alpha value is -2.90. The molecule has 30 heavy (non-hydrogen) atoms. The lowest BCUT2D eigenvalue weighted by Gasteiger charge is -2.14. The van der Waals surface area contributed by atoms with E-state index in [1.54, 1.807) is 24.5 Å². The highest BCUT2D eigenvalue weighted by molar-refractivity contribution is 7.94. The third kappa shape index (κ3) is 4.17. The van der Waals surface area contributed by atoms with Crippen LogP contribution in [0.2, 0.25) is 0 Å². The molecule has 0 saturated heterocycles. The van der Waals surface area contributed by atoms with E-state index in [0.29, 0.717) is 10.7 Å². The second-order valence-corrected chi connectivity index (χ2v) is 10.7. The molecule has 0 N–H and O–H groups in total. The minimum atomic E-state index is -2.66. The van der Waals surface area contributed by atoms with Crippen molar-refractivity contribution in [3.63, 3.8) is 0 Å². The zero-order valence-corrected chi connectivity index (χ0v) is 18.2. The van der Waals surface area contributed by atoms with Crippen LogP contribution in [0.25, 0.3) is 21.0 Å². The standard InChI is InChI=1S/C23H20FN3OS2/c1-16(2)30(28,20-6-4-3-5-7-20)27-22-14-18(12-13-25-22)21-15-26-23(29-21)17-8-10-19(24)11-9-17/h3-16H,1-2H3. The fourth-order valence-electron chi connectivity index (χ4n) is 2.94. The van der Waals surface area contributed by atoms with E-state index < -0.39 is 9.73 Å². The molecule has 0 aliphatic heterocycles. The van der Waals surface area contributed by atoms with Gasteiger partial charge in [-0.05, 0) is 67.9 Å². The van der Waals surface area contributed by atoms with Crippen LogP contribution in [0.15, 0.2) is 88.4 Å². The normalized spacial score (nSPS) is 13.2. The van der Waals surface area contributed by atoms with Gasteiger partial charge in [0.05, 0.1) is 14.6 Å². The number of thiazole rings is 1. The van der Waals surface area contributed by atoms with Gasteiger partial charge in [0.1, 0.15) is 10.8 Å². The third-order valence-corrected chi connectivity index (χ3v) is 8.36. The minimum absolute atomic E-state index is 0.168. The highest BCUT2D eigenvalue weighted by Crippen LogP contribution is 2.33. The SMILES string of the molecule is CC(C)S(=O)(=Nc1cc(-c2cnc(-c3ccc(F)cc3)s2)ccn1)c1ccccc1. The van der Waals surface area contributed by atoms with Gasteiger partial charge in [-0.1, -0.05) is 18.2 Å². The van der Waals surface area contributed by atoms with Crippen LogP contribution < -0.4 is 0 Å². The van der Waals surface area contributed by atoms with Crippen molar-refractivity contribution in [3.05, 3.63) is 84.9 Å². The average molecular weight is 438 g/mol. The van der Waals surface area contributed by atoms with E-state index in [0.717, 1.165) is 21.0 Å². The summed E-state index contributed by atoms with van der Waals surface area (Å²) in [5.74, 6) is 0.148. The van der Waals surface area contributed by atoms with E-state index in [9.17, 15) is 8.60 Å². The number of benzene rings is 2. The summed E-state index contributed by atoms with van der Waals surface area (Å²) in [6, 6.07) is 19.3. The Morgan fingerprint density at radius 2 is 1.70 bits per heavy atom. The smallest absolute Gasteiger partial charge is 0.162 e. The molecule has 2 aromatic carbocycles. The van der Waals surface area contributed by atoms with Crippen molar-refractivity contribution >= 4 is 26.9 Å². The summed E-state index contributed by atoms with van der Waals surface area (Å²) in [6.45, 7) is 3.81. The Bertz CT molecular complexity index is 1280. The summed E-state index contributed by atoms with van der Waals surface area (Å²) < 4.78 is 31.4. The Morgan fingerprint density at radius 3 is 2.40 bits per heavy atom. The molecule has 0 saturated carbocycles. The first-order chi connectivity index (χ1) is 14.5. The van der Waals surface area contributed by atoms with Crippen molar-refractivity contribution in [2.75, 3.05) is 0 Å². The molecule has 0 aliphatic carbocycles. The fourth-order valence-corrected chi connectivity index (χ4v) is 5.64. The van der Waals surface area contributed by atoms with Crippen LogP contribution in [0.5, 0.6) is 0 Å². The topological polar surface area (TPSA) is 55.2 Å². The molecule has 0 bridgehead atoms. The summed E-state index contributed by atoms with van der Waals surface area (Å²) in [5.41, 5.74) is 1.76. The van der Waals surface area contributed by atoms with Crippen molar-refractivity contribution < 1.29 is 8.60 Å². The van der Waals surface area contributed by atoms with Crippen LogP contribution >= 0.6 is 11.3 Å². The summed E-state index contributed by atoms with van der Waals surface area (Å²) in [7, 11) is -2.66. The average Bonchev–Trinajstić information content (AvgIpc) is 3.25. The highest BCUT2D eigenvalue weighted by Gasteiger charge is 2.18. The lowest BCUT2D eigenvalue weighted by atomic mass is 10.2. The van der Waals surface area contributed by atoms with Crippen molar-refractivity contribution in [1.29, 1.82) is 0 Å². The lowest BCUT2D eigenvalue weighted by molar-refractivity contribution is 0.628. The summed E-state index contributed by atoms with van der Waals surface area (Å²) in [5, 5.41) is 0.634. The quantitative estimate of drug-likeness (QED) is 0.354. The van der Waals surface area contributed by atoms with E-state index in [1.807, 2.05) is 56.3 Å². The molecular weight excluding hydrogens is 417 g/mol. The number of pyridine rings is 1. The Labute approximate surface area is 179 Å². The van der Waals surface area contributed by atoms with E-state index in [4.69, 9.17) is 0 Å². The zero-order valence-electron chi connectivity index (χ0n) is 16.5. The number of halogens is 1. The first kappa shape index (κ1) is 20.4. The van der Waals surface area contributed by atoms with Gasteiger partial charge in [-0.15, -0.1) is 11.3 Å². The lowest BCUT2D eigenvalue weighted by Crippen LogP contribution is -2.13. The third-order valence-electron chi connectivity index (χ3n) is 4.58. The maximum absolute atomic E-state index is 13.7. The summed E-state index contributed by atoms with van der Waals surface area (Å²) in [4.78, 5) is 10.4. The maximum Gasteiger partial charge on any atom is 0.162 e. The number of aromatic nitrogens is 2. The molecule has 152 valence electrons. The van der Waals surface area contributed by atoms with Crippen LogP contribution in [0.1, 0.15) is 13.8 Å². The molecule has 4 aromatic rings. The monoisotopic (exact) mass is 437 g/mol. The number of hydrogen-bond donors (Lipinski definition) is 0. The Kier molecular flexibility index (Phi) is 5.74. The first-order valence-electron chi connectivity index (χ1n) is 9.45. The summed E-state index contributed by atoms with van der Waals surface area (Å²) in [6.07, 6.45) is 3.44. The summed E-state index contributed by atoms with van der Waals surface area (Å²) >= 11 is 1.50. The first-order valence-corrected chi connectivity index (χ1v) is 11.8. The van der Waals surface area contributed by atoms with Gasteiger partial charge in [0, 0.05) is 28.1 Å². The molecule has 1 unspecified atom stereocenters. The van der Waals surface area contributed by atoms with Gasteiger partial charge in [-0.2, -0.15) is 4.36 Å². The van der Waals surface area contributed by atoms with Crippen molar-refractivity contribution in [3.8, 4) is 21.0 Å². The van der Waals surface area contributed by atoms with Crippen LogP contribution in [-0.2, 0) is 9.73 Å². The maximum atomic E-state index is 13.7. The largest absolute Gasteiger partial charge is 0.244 e. The molecule has 4 rings (SSSR count). The van der Waals surface area contributed by atoms with Gasteiger partial charge in [-0.3, -0.25) is 0 Å². The van der Waals surface area contributed by atoms with Crippen LogP contribution in [0.3, 0.4) is 0 Å². The molecule has 2 aromatic heterocycles. The molecular formula is C23H20FN3OS2. The van der Waals surface area contributed by atoms with Crippen molar-refractivity contribution in [2.45, 2.75) is 24.0 Å². The molecule has 2 heterocycles. The second-order valence-electron chi connectivity index (χ2n) is 6.96. The second kappa shape index (κ2) is 8.45. The molecule has 0 fully saturated rings. The molecule has 0 spiro atoms. The molecule has 0 aliphatic rings. The molecule has 4 nitrogen and oxygen atoms in total. The van der Waals surface area contributed by atoms with Crippen LogP contribution in [-0.4, -0.2) is 19.4 Å². The minimum Gasteiger partial charge on any atom is -0.244 e. The zero-order chi connectivity index (χ0) is 21.1. The molecule has 1 atom stereocenters. The predicted molar refractivity (Wildman–Crippen MR) is 121 cm³/mol. The van der Waals surface area contributed by atoms with Crippen LogP contribution in [0.4, 0.5) is 10.2 Å². The Balaban J connectivity index is 1.72. The van der Waals surface area contributed by atoms with Gasteiger partial charge in [0.2, 0.25) is 0 Å². The van der Waals surface area contributed by atoms with Gasteiger partial charge >= 0.3 is 0 Å². The van der Waals surface area contributed by atoms with Gasteiger partial charge in [0.25, 0.3) is 0 Å². The number of hydrogen-bond acceptors (Lipinski definition) is 5. The van der Waals surface area contributed by atoms with E-state index in [2.05, 4.69) is 14.3 Å². The van der Waals surface area contributed by atoms with E-state index >= 15 is 0 Å². The van der Waals surface area contributed by atoms with Crippen molar-refractivity contribution in [2.24, 2.45) is 4.36 Å². The fraction of sp³-hybridized carbons (Fsp3) is 0.130. The molecule has 0 amide bonds. The van der Waals surface area contributed by atoms with E-state index in [-0.39, 0.29) is 11.1 Å². The number of rotatable bonds is 5. The predicted octanol–water partition coefficient (Wildman–Crippen LogP) is 6.58. The van der Waals surface area contributed by atoms with Crippen LogP contribution in [0, 0.1) is 5.82 Å². The number of nitrogens with zero attached hydrogens (tertiary/aromatic N) is 3.